The Morgan fingerprint density at radius 2 is 2.00 bits per heavy atom. The molecule has 1 aliphatic rings. The number of nitro benzene ring substituents is 1. The average Bonchev–Trinajstić information content (AvgIpc) is 3.37. The van der Waals surface area contributed by atoms with Gasteiger partial charge in [-0.15, -0.1) is 0 Å². The van der Waals surface area contributed by atoms with Crippen molar-refractivity contribution in [3.63, 3.8) is 0 Å². The summed E-state index contributed by atoms with van der Waals surface area (Å²) in [6, 6.07) is 4.65. The van der Waals surface area contributed by atoms with E-state index in [9.17, 15) is 19.7 Å². The molecule has 0 saturated heterocycles. The Balaban J connectivity index is 1.87. The zero-order chi connectivity index (χ0) is 20.2. The van der Waals surface area contributed by atoms with Gasteiger partial charge in [0.05, 0.1) is 4.92 Å². The molecule has 0 unspecified atom stereocenters. The third-order valence-corrected chi connectivity index (χ3v) is 4.22. The number of nitrogens with zero attached hydrogens (tertiary/aromatic N) is 2. The lowest BCUT2D eigenvalue weighted by Gasteiger charge is -2.27. The van der Waals surface area contributed by atoms with Crippen LogP contribution in [0.1, 0.15) is 56.0 Å². The van der Waals surface area contributed by atoms with Crippen molar-refractivity contribution in [3.8, 4) is 0 Å². The minimum Gasteiger partial charge on any atom is -0.444 e. The highest BCUT2D eigenvalue weighted by Gasteiger charge is 2.34. The maximum absolute atomic E-state index is 12.3. The van der Waals surface area contributed by atoms with Crippen LogP contribution in [0.15, 0.2) is 18.2 Å². The van der Waals surface area contributed by atoms with Crippen LogP contribution in [0.25, 0.3) is 0 Å². The predicted molar refractivity (Wildman–Crippen MR) is 101 cm³/mol. The molecular weight excluding hydrogens is 350 g/mol. The minimum absolute atomic E-state index is 0.0764. The number of carbonyl (C=O) groups is 2. The molecule has 0 spiro atoms. The van der Waals surface area contributed by atoms with Gasteiger partial charge >= 0.3 is 6.09 Å². The second kappa shape index (κ2) is 8.37. The Morgan fingerprint density at radius 1 is 1.33 bits per heavy atom. The molecule has 0 heterocycles. The number of nitro groups is 1. The lowest BCUT2D eigenvalue weighted by Crippen LogP contribution is -2.39. The summed E-state index contributed by atoms with van der Waals surface area (Å²) in [6.45, 7) is 7.91. The van der Waals surface area contributed by atoms with E-state index in [4.69, 9.17) is 4.74 Å². The highest BCUT2D eigenvalue weighted by molar-refractivity contribution is 5.96. The third kappa shape index (κ3) is 5.94. The van der Waals surface area contributed by atoms with Crippen LogP contribution in [-0.2, 0) is 4.74 Å². The number of carbonyl (C=O) groups excluding carboxylic acids is 2. The van der Waals surface area contributed by atoms with Crippen molar-refractivity contribution in [2.75, 3.05) is 13.1 Å². The van der Waals surface area contributed by atoms with Crippen molar-refractivity contribution in [1.82, 2.24) is 10.2 Å². The molecule has 8 heteroatoms. The molecule has 1 fully saturated rings. The summed E-state index contributed by atoms with van der Waals surface area (Å²) < 4.78 is 5.44. The Hall–Kier alpha value is -2.64. The Labute approximate surface area is 159 Å². The summed E-state index contributed by atoms with van der Waals surface area (Å²) in [5.74, 6) is -0.355. The number of nitrogens with one attached hydrogen (secondary N) is 1. The topological polar surface area (TPSA) is 102 Å². The Kier molecular flexibility index (Phi) is 6.41. The molecule has 1 aliphatic carbocycles. The highest BCUT2D eigenvalue weighted by atomic mass is 16.6. The molecule has 1 aromatic carbocycles. The van der Waals surface area contributed by atoms with Crippen molar-refractivity contribution < 1.29 is 19.2 Å². The first kappa shape index (κ1) is 20.7. The summed E-state index contributed by atoms with van der Waals surface area (Å²) in [5.41, 5.74) is 0.00841. The molecule has 0 atom stereocenters. The summed E-state index contributed by atoms with van der Waals surface area (Å²) in [4.78, 5) is 36.8. The number of benzene rings is 1. The zero-order valence-corrected chi connectivity index (χ0v) is 16.3. The number of amides is 2. The van der Waals surface area contributed by atoms with Crippen LogP contribution in [0.3, 0.4) is 0 Å². The van der Waals surface area contributed by atoms with Gasteiger partial charge < -0.3 is 15.0 Å². The van der Waals surface area contributed by atoms with Gasteiger partial charge in [-0.05, 0) is 53.0 Å². The molecule has 1 aromatic rings. The zero-order valence-electron chi connectivity index (χ0n) is 16.3. The van der Waals surface area contributed by atoms with Gasteiger partial charge in [0.1, 0.15) is 5.60 Å². The fourth-order valence-corrected chi connectivity index (χ4v) is 2.74. The van der Waals surface area contributed by atoms with E-state index in [-0.39, 0.29) is 29.3 Å². The van der Waals surface area contributed by atoms with Gasteiger partial charge in [-0.2, -0.15) is 0 Å². The second-order valence-corrected chi connectivity index (χ2v) is 7.72. The lowest BCUT2D eigenvalue weighted by molar-refractivity contribution is -0.385. The molecule has 8 nitrogen and oxygen atoms in total. The minimum atomic E-state index is -0.544. The van der Waals surface area contributed by atoms with Gasteiger partial charge in [0.25, 0.3) is 11.6 Å². The van der Waals surface area contributed by atoms with Crippen LogP contribution < -0.4 is 5.32 Å². The summed E-state index contributed by atoms with van der Waals surface area (Å²) in [7, 11) is 0. The Morgan fingerprint density at radius 3 is 2.56 bits per heavy atom. The van der Waals surface area contributed by atoms with Gasteiger partial charge in [0.2, 0.25) is 0 Å². The average molecular weight is 377 g/mol. The van der Waals surface area contributed by atoms with Crippen molar-refractivity contribution in [3.05, 3.63) is 39.4 Å². The van der Waals surface area contributed by atoms with Gasteiger partial charge in [-0.1, -0.05) is 6.07 Å². The van der Waals surface area contributed by atoms with E-state index in [1.165, 1.54) is 12.1 Å². The van der Waals surface area contributed by atoms with E-state index in [0.29, 0.717) is 25.1 Å². The summed E-state index contributed by atoms with van der Waals surface area (Å²) >= 11 is 0. The molecule has 2 rings (SSSR count). The maximum atomic E-state index is 12.3. The maximum Gasteiger partial charge on any atom is 0.410 e. The van der Waals surface area contributed by atoms with Crippen LogP contribution >= 0.6 is 0 Å². The fraction of sp³-hybridized carbons (Fsp3) is 0.579. The highest BCUT2D eigenvalue weighted by Crippen LogP contribution is 2.28. The van der Waals surface area contributed by atoms with Crippen LogP contribution in [0, 0.1) is 17.0 Å². The summed E-state index contributed by atoms with van der Waals surface area (Å²) in [5, 5.41) is 13.8. The monoisotopic (exact) mass is 377 g/mol. The van der Waals surface area contributed by atoms with Crippen LogP contribution in [-0.4, -0.2) is 46.6 Å². The molecule has 0 aliphatic heterocycles. The molecule has 0 aromatic heterocycles. The van der Waals surface area contributed by atoms with Crippen molar-refractivity contribution in [2.24, 2.45) is 0 Å². The van der Waals surface area contributed by atoms with E-state index in [1.807, 2.05) is 20.8 Å². The third-order valence-electron chi connectivity index (χ3n) is 4.22. The lowest BCUT2D eigenvalue weighted by atomic mass is 10.1. The molecule has 148 valence electrons. The molecule has 0 bridgehead atoms. The first-order valence-corrected chi connectivity index (χ1v) is 9.12. The van der Waals surface area contributed by atoms with E-state index < -0.39 is 10.5 Å². The molecule has 0 radical (unpaired) electrons. The standard InChI is InChI=1S/C19H27N3O5/c1-13-15(7-5-8-16(13)22(25)26)17(23)20-11-6-12-21(14-9-10-14)18(24)27-19(2,3)4/h5,7-8,14H,6,9-12H2,1-4H3,(H,20,23). The van der Waals surface area contributed by atoms with Crippen LogP contribution in [0.4, 0.5) is 10.5 Å². The van der Waals surface area contributed by atoms with E-state index in [1.54, 1.807) is 17.9 Å². The SMILES string of the molecule is Cc1c(C(=O)NCCCN(C(=O)OC(C)(C)C)C2CC2)cccc1[N+](=O)[O-]. The predicted octanol–water partition coefficient (Wildman–Crippen LogP) is 3.42. The number of ether oxygens (including phenoxy) is 1. The first-order valence-electron chi connectivity index (χ1n) is 9.12. The van der Waals surface area contributed by atoms with Crippen molar-refractivity contribution in [1.29, 1.82) is 0 Å². The van der Waals surface area contributed by atoms with Gasteiger partial charge in [-0.25, -0.2) is 4.79 Å². The summed E-state index contributed by atoms with van der Waals surface area (Å²) in [6.07, 6.45) is 2.19. The first-order chi connectivity index (χ1) is 12.6. The van der Waals surface area contributed by atoms with Gasteiger partial charge in [0, 0.05) is 36.3 Å². The van der Waals surface area contributed by atoms with Crippen LogP contribution in [0.2, 0.25) is 0 Å². The number of rotatable bonds is 7. The number of hydrogen-bond donors (Lipinski definition) is 1. The molecule has 27 heavy (non-hydrogen) atoms. The van der Waals surface area contributed by atoms with Crippen molar-refractivity contribution >= 4 is 17.7 Å². The van der Waals surface area contributed by atoms with Gasteiger partial charge in [-0.3, -0.25) is 14.9 Å². The molecule has 2 amide bonds. The molecule has 1 N–H and O–H groups in total. The van der Waals surface area contributed by atoms with E-state index >= 15 is 0 Å². The second-order valence-electron chi connectivity index (χ2n) is 7.72. The van der Waals surface area contributed by atoms with Gasteiger partial charge in [0.15, 0.2) is 0 Å². The fourth-order valence-electron chi connectivity index (χ4n) is 2.74. The van der Waals surface area contributed by atoms with Crippen molar-refractivity contribution in [2.45, 2.75) is 58.6 Å². The molecule has 1 saturated carbocycles. The smallest absolute Gasteiger partial charge is 0.410 e. The Bertz CT molecular complexity index is 723. The van der Waals surface area contributed by atoms with E-state index in [2.05, 4.69) is 5.32 Å². The van der Waals surface area contributed by atoms with E-state index in [0.717, 1.165) is 12.8 Å². The van der Waals surface area contributed by atoms with Crippen LogP contribution in [0.5, 0.6) is 0 Å². The number of hydrogen-bond acceptors (Lipinski definition) is 5. The quantitative estimate of drug-likeness (QED) is 0.446. The molecular formula is C19H27N3O5. The normalized spacial score (nSPS) is 13.8. The largest absolute Gasteiger partial charge is 0.444 e.